The molecule has 0 aliphatic carbocycles. The molecule has 0 unspecified atom stereocenters. The largest absolute Gasteiger partial charge is 0.455 e. The van der Waals surface area contributed by atoms with Crippen molar-refractivity contribution in [3.63, 3.8) is 0 Å². The van der Waals surface area contributed by atoms with E-state index in [0.717, 1.165) is 55.7 Å². The summed E-state index contributed by atoms with van der Waals surface area (Å²) in [6.45, 7) is 0. The maximum atomic E-state index is 6.49. The Morgan fingerprint density at radius 1 is 0.344 bits per heavy atom. The zero-order chi connectivity index (χ0) is 40.3. The van der Waals surface area contributed by atoms with Gasteiger partial charge < -0.3 is 9.32 Å². The van der Waals surface area contributed by atoms with Crippen molar-refractivity contribution in [3.8, 4) is 44.5 Å². The smallest absolute Gasteiger partial charge is 0.143 e. The van der Waals surface area contributed by atoms with E-state index in [-0.39, 0.29) is 0 Å². The second kappa shape index (κ2) is 14.5. The van der Waals surface area contributed by atoms with E-state index in [1.807, 2.05) is 23.5 Å². The molecule has 0 atom stereocenters. The first kappa shape index (κ1) is 35.2. The van der Waals surface area contributed by atoms with Gasteiger partial charge in [0.1, 0.15) is 11.2 Å². The van der Waals surface area contributed by atoms with Crippen molar-refractivity contribution in [2.24, 2.45) is 0 Å². The minimum atomic E-state index is 0.903. The van der Waals surface area contributed by atoms with Gasteiger partial charge in [0, 0.05) is 59.0 Å². The summed E-state index contributed by atoms with van der Waals surface area (Å²) in [5, 5.41) is 7.33. The van der Waals surface area contributed by atoms with Crippen LogP contribution in [0.2, 0.25) is 0 Å². The van der Waals surface area contributed by atoms with Crippen LogP contribution in [0.25, 0.3) is 97.4 Å². The van der Waals surface area contributed by atoms with Crippen LogP contribution in [-0.2, 0) is 0 Å². The molecule has 2 heterocycles. The van der Waals surface area contributed by atoms with Gasteiger partial charge in [0.05, 0.1) is 5.69 Å². The number of benzene rings is 10. The highest BCUT2D eigenvalue weighted by atomic mass is 32.1. The van der Waals surface area contributed by atoms with E-state index in [1.165, 1.54) is 58.8 Å². The lowest BCUT2D eigenvalue weighted by Gasteiger charge is -2.29. The summed E-state index contributed by atoms with van der Waals surface area (Å²) in [6, 6.07) is 81.2. The molecule has 0 amide bonds. The van der Waals surface area contributed by atoms with E-state index in [2.05, 4.69) is 217 Å². The van der Waals surface area contributed by atoms with Crippen LogP contribution in [0.5, 0.6) is 0 Å². The summed E-state index contributed by atoms with van der Waals surface area (Å²) < 4.78 is 9.08. The highest BCUT2D eigenvalue weighted by Crippen LogP contribution is 2.47. The molecule has 3 heteroatoms. The molecular weight excluding hydrogens is 759 g/mol. The van der Waals surface area contributed by atoms with Crippen LogP contribution in [0, 0.1) is 0 Å². The third-order valence-corrected chi connectivity index (χ3v) is 13.3. The molecule has 0 radical (unpaired) electrons. The Kier molecular flexibility index (Phi) is 8.39. The van der Waals surface area contributed by atoms with Gasteiger partial charge in [-0.2, -0.15) is 0 Å². The summed E-state index contributed by atoms with van der Waals surface area (Å²) in [7, 11) is 0. The van der Waals surface area contributed by atoms with Crippen LogP contribution >= 0.6 is 11.3 Å². The molecule has 61 heavy (non-hydrogen) atoms. The predicted octanol–water partition coefficient (Wildman–Crippen LogP) is 17.2. The Hall–Kier alpha value is -7.72. The number of rotatable bonds is 7. The fourth-order valence-corrected chi connectivity index (χ4v) is 10.5. The molecule has 286 valence electrons. The van der Waals surface area contributed by atoms with E-state index in [0.29, 0.717) is 0 Å². The topological polar surface area (TPSA) is 16.4 Å². The number of furan rings is 1. The Bertz CT molecular complexity index is 3610. The lowest BCUT2D eigenvalue weighted by molar-refractivity contribution is 0.670. The summed E-state index contributed by atoms with van der Waals surface area (Å²) in [6.07, 6.45) is 0. The number of hydrogen-bond acceptors (Lipinski definition) is 3. The molecule has 12 aromatic rings. The lowest BCUT2D eigenvalue weighted by atomic mass is 9.91. The molecular formula is C58H37NOS. The molecule has 0 bridgehead atoms. The molecule has 0 N–H and O–H groups in total. The average Bonchev–Trinajstić information content (AvgIpc) is 3.91. The van der Waals surface area contributed by atoms with Crippen LogP contribution in [0.4, 0.5) is 17.1 Å². The second-order valence-corrected chi connectivity index (χ2v) is 16.6. The zero-order valence-corrected chi connectivity index (χ0v) is 33.9. The maximum absolute atomic E-state index is 6.49. The van der Waals surface area contributed by atoms with E-state index in [9.17, 15) is 0 Å². The van der Waals surface area contributed by atoms with Crippen molar-refractivity contribution in [2.75, 3.05) is 4.90 Å². The van der Waals surface area contributed by atoms with Crippen molar-refractivity contribution >= 4 is 81.3 Å². The minimum Gasteiger partial charge on any atom is -0.455 e. The van der Waals surface area contributed by atoms with E-state index < -0.39 is 0 Å². The third-order valence-electron chi connectivity index (χ3n) is 12.1. The first-order valence-electron chi connectivity index (χ1n) is 20.7. The standard InChI is InChI=1S/C58H37NOS/c1-2-19-43-38(15-1)16-12-26-47(43)46-21-4-3-20-44(46)40-17-11-18-42(37-40)59(41-35-33-39(34-36-41)45-25-13-27-51-49-23-6-9-31-55(49)60-57(45)51)54-30-8-5-22-48(54)52-28-14-29-53-50-24-7-10-32-56(50)61-58(52)53/h1-37H. The van der Waals surface area contributed by atoms with Crippen LogP contribution < -0.4 is 4.90 Å². The highest BCUT2D eigenvalue weighted by molar-refractivity contribution is 7.26. The Labute approximate surface area is 357 Å². The molecule has 0 aliphatic rings. The number of nitrogens with zero attached hydrogens (tertiary/aromatic N) is 1. The minimum absolute atomic E-state index is 0.903. The van der Waals surface area contributed by atoms with Gasteiger partial charge in [-0.15, -0.1) is 11.3 Å². The van der Waals surface area contributed by atoms with Gasteiger partial charge in [-0.05, 0) is 81.1 Å². The van der Waals surface area contributed by atoms with E-state index in [4.69, 9.17) is 4.42 Å². The van der Waals surface area contributed by atoms with Crippen molar-refractivity contribution in [1.82, 2.24) is 0 Å². The van der Waals surface area contributed by atoms with Crippen molar-refractivity contribution in [2.45, 2.75) is 0 Å². The van der Waals surface area contributed by atoms with Crippen LogP contribution in [0.15, 0.2) is 229 Å². The second-order valence-electron chi connectivity index (χ2n) is 15.6. The first-order chi connectivity index (χ1) is 30.3. The molecule has 2 nitrogen and oxygen atoms in total. The predicted molar refractivity (Wildman–Crippen MR) is 261 cm³/mol. The first-order valence-corrected chi connectivity index (χ1v) is 21.6. The van der Waals surface area contributed by atoms with Gasteiger partial charge in [0.15, 0.2) is 0 Å². The van der Waals surface area contributed by atoms with Gasteiger partial charge >= 0.3 is 0 Å². The number of para-hydroxylation sites is 3. The molecule has 0 aliphatic heterocycles. The zero-order valence-electron chi connectivity index (χ0n) is 33.1. The molecule has 10 aromatic carbocycles. The molecule has 0 spiro atoms. The van der Waals surface area contributed by atoms with Crippen LogP contribution in [0.1, 0.15) is 0 Å². The van der Waals surface area contributed by atoms with Crippen LogP contribution in [0.3, 0.4) is 0 Å². The lowest BCUT2D eigenvalue weighted by Crippen LogP contribution is -2.11. The SMILES string of the molecule is c1cc(-c2ccccc2-c2cccc3ccccc23)cc(N(c2ccc(-c3cccc4c3oc3ccccc34)cc2)c2ccccc2-c2cccc3c2sc2ccccc23)c1. The molecule has 0 fully saturated rings. The van der Waals surface area contributed by atoms with Gasteiger partial charge in [-0.3, -0.25) is 0 Å². The quantitative estimate of drug-likeness (QED) is 0.160. The maximum Gasteiger partial charge on any atom is 0.143 e. The highest BCUT2D eigenvalue weighted by Gasteiger charge is 2.21. The monoisotopic (exact) mass is 795 g/mol. The third kappa shape index (κ3) is 5.93. The number of hydrogen-bond donors (Lipinski definition) is 0. The van der Waals surface area contributed by atoms with Gasteiger partial charge in [-0.25, -0.2) is 0 Å². The van der Waals surface area contributed by atoms with Crippen molar-refractivity contribution in [1.29, 1.82) is 0 Å². The molecule has 0 saturated heterocycles. The van der Waals surface area contributed by atoms with Crippen LogP contribution in [-0.4, -0.2) is 0 Å². The molecule has 2 aromatic heterocycles. The Morgan fingerprint density at radius 3 is 1.84 bits per heavy atom. The summed E-state index contributed by atoms with van der Waals surface area (Å²) in [4.78, 5) is 2.43. The fraction of sp³-hybridized carbons (Fsp3) is 0. The Balaban J connectivity index is 1.04. The molecule has 0 saturated carbocycles. The average molecular weight is 796 g/mol. The summed E-state index contributed by atoms with van der Waals surface area (Å²) in [5.74, 6) is 0. The van der Waals surface area contributed by atoms with E-state index in [1.54, 1.807) is 0 Å². The molecule has 12 rings (SSSR count). The van der Waals surface area contributed by atoms with Crippen molar-refractivity contribution < 1.29 is 4.42 Å². The van der Waals surface area contributed by atoms with Gasteiger partial charge in [0.25, 0.3) is 0 Å². The van der Waals surface area contributed by atoms with E-state index >= 15 is 0 Å². The van der Waals surface area contributed by atoms with Gasteiger partial charge in [0.2, 0.25) is 0 Å². The van der Waals surface area contributed by atoms with Gasteiger partial charge in [-0.1, -0.05) is 182 Å². The fourth-order valence-electron chi connectivity index (χ4n) is 9.29. The Morgan fingerprint density at radius 2 is 0.951 bits per heavy atom. The number of thiophene rings is 1. The summed E-state index contributed by atoms with van der Waals surface area (Å²) >= 11 is 1.87. The number of fused-ring (bicyclic) bond motifs is 7. The van der Waals surface area contributed by atoms with Crippen molar-refractivity contribution in [3.05, 3.63) is 224 Å². The normalized spacial score (nSPS) is 11.6. The number of anilines is 3. The summed E-state index contributed by atoms with van der Waals surface area (Å²) in [5.41, 5.74) is 14.4.